The summed E-state index contributed by atoms with van der Waals surface area (Å²) < 4.78 is 0. The van der Waals surface area contributed by atoms with E-state index < -0.39 is 17.9 Å². The van der Waals surface area contributed by atoms with Crippen molar-refractivity contribution in [2.24, 2.45) is 5.92 Å². The second-order valence-corrected chi connectivity index (χ2v) is 6.13. The molecule has 0 saturated carbocycles. The molecule has 0 bridgehead atoms. The molecule has 1 aliphatic heterocycles. The minimum absolute atomic E-state index is 0.105. The molecule has 2 rings (SSSR count). The number of hydrogen-bond acceptors (Lipinski definition) is 4. The van der Waals surface area contributed by atoms with Crippen LogP contribution in [0.1, 0.15) is 33.1 Å². The van der Waals surface area contributed by atoms with Crippen LogP contribution in [0.2, 0.25) is 0 Å². The van der Waals surface area contributed by atoms with Crippen LogP contribution in [0, 0.1) is 17.2 Å². The molecule has 1 fully saturated rings. The van der Waals surface area contributed by atoms with E-state index in [0.29, 0.717) is 24.3 Å². The monoisotopic (exact) mass is 342 g/mol. The predicted molar refractivity (Wildman–Crippen MR) is 93.5 cm³/mol. The first-order chi connectivity index (χ1) is 11.9. The molecule has 1 aliphatic rings. The Balaban J connectivity index is 2.06. The average molecular weight is 342 g/mol. The van der Waals surface area contributed by atoms with Crippen molar-refractivity contribution in [2.75, 3.05) is 17.2 Å². The fourth-order valence-electron chi connectivity index (χ4n) is 2.79. The van der Waals surface area contributed by atoms with Crippen molar-refractivity contribution in [1.29, 1.82) is 5.26 Å². The SMILES string of the molecule is CC(=O)N1CCCCC1C(=O)Nc1cccc(NC(=O)C(C)C#N)c1. The number of hydrogen-bond donors (Lipinski definition) is 2. The van der Waals surface area contributed by atoms with Crippen LogP contribution in [-0.2, 0) is 14.4 Å². The molecule has 2 N–H and O–H groups in total. The first-order valence-electron chi connectivity index (χ1n) is 8.31. The minimum Gasteiger partial charge on any atom is -0.331 e. The number of piperidine rings is 1. The molecule has 1 saturated heterocycles. The van der Waals surface area contributed by atoms with E-state index in [1.165, 1.54) is 13.8 Å². The van der Waals surface area contributed by atoms with Gasteiger partial charge in [-0.15, -0.1) is 0 Å². The zero-order valence-corrected chi connectivity index (χ0v) is 14.4. The second-order valence-electron chi connectivity index (χ2n) is 6.13. The van der Waals surface area contributed by atoms with Crippen LogP contribution < -0.4 is 10.6 Å². The Labute approximate surface area is 147 Å². The fourth-order valence-corrected chi connectivity index (χ4v) is 2.79. The lowest BCUT2D eigenvalue weighted by Gasteiger charge is -2.33. The number of nitriles is 1. The standard InChI is InChI=1S/C18H22N4O3/c1-12(11-19)17(24)20-14-6-5-7-15(10-14)21-18(25)16-8-3-4-9-22(16)13(2)23/h5-7,10,12,16H,3-4,8-9H2,1-2H3,(H,20,24)(H,21,25). The lowest BCUT2D eigenvalue weighted by Crippen LogP contribution is -2.49. The zero-order chi connectivity index (χ0) is 18.4. The highest BCUT2D eigenvalue weighted by molar-refractivity contribution is 5.98. The molecule has 7 nitrogen and oxygen atoms in total. The van der Waals surface area contributed by atoms with Gasteiger partial charge in [-0.1, -0.05) is 6.07 Å². The maximum absolute atomic E-state index is 12.5. The molecule has 1 aromatic rings. The Morgan fingerprint density at radius 2 is 1.92 bits per heavy atom. The van der Waals surface area contributed by atoms with Gasteiger partial charge in [-0.3, -0.25) is 14.4 Å². The quantitative estimate of drug-likeness (QED) is 0.875. The smallest absolute Gasteiger partial charge is 0.247 e. The first kappa shape index (κ1) is 18.5. The number of carbonyl (C=O) groups is 3. The molecule has 0 radical (unpaired) electrons. The Hall–Kier alpha value is -2.88. The summed E-state index contributed by atoms with van der Waals surface area (Å²) in [6.45, 7) is 3.58. The third-order valence-electron chi connectivity index (χ3n) is 4.19. The molecule has 1 aromatic carbocycles. The lowest BCUT2D eigenvalue weighted by molar-refractivity contribution is -0.138. The van der Waals surface area contributed by atoms with E-state index >= 15 is 0 Å². The van der Waals surface area contributed by atoms with Gasteiger partial charge in [-0.25, -0.2) is 0 Å². The average Bonchev–Trinajstić information content (AvgIpc) is 2.61. The summed E-state index contributed by atoms with van der Waals surface area (Å²) in [5.74, 6) is -1.50. The molecule has 7 heteroatoms. The van der Waals surface area contributed by atoms with Crippen molar-refractivity contribution in [1.82, 2.24) is 4.90 Å². The van der Waals surface area contributed by atoms with Crippen molar-refractivity contribution < 1.29 is 14.4 Å². The molecule has 25 heavy (non-hydrogen) atoms. The van der Waals surface area contributed by atoms with E-state index in [9.17, 15) is 14.4 Å². The van der Waals surface area contributed by atoms with Gasteiger partial charge in [0.25, 0.3) is 0 Å². The van der Waals surface area contributed by atoms with Gasteiger partial charge in [-0.05, 0) is 44.4 Å². The Bertz CT molecular complexity index is 711. The van der Waals surface area contributed by atoms with E-state index in [0.717, 1.165) is 12.8 Å². The summed E-state index contributed by atoms with van der Waals surface area (Å²) in [6.07, 6.45) is 2.45. The van der Waals surface area contributed by atoms with Gasteiger partial charge in [0.05, 0.1) is 6.07 Å². The van der Waals surface area contributed by atoms with Crippen LogP contribution in [0.15, 0.2) is 24.3 Å². The van der Waals surface area contributed by atoms with Gasteiger partial charge in [0.2, 0.25) is 17.7 Å². The largest absolute Gasteiger partial charge is 0.331 e. The first-order valence-corrected chi connectivity index (χ1v) is 8.31. The summed E-state index contributed by atoms with van der Waals surface area (Å²) in [4.78, 5) is 37.6. The maximum Gasteiger partial charge on any atom is 0.247 e. The van der Waals surface area contributed by atoms with Crippen LogP contribution in [0.5, 0.6) is 0 Å². The number of anilines is 2. The summed E-state index contributed by atoms with van der Waals surface area (Å²) in [5.41, 5.74) is 1.03. The van der Waals surface area contributed by atoms with Gasteiger partial charge < -0.3 is 15.5 Å². The third-order valence-corrected chi connectivity index (χ3v) is 4.19. The summed E-state index contributed by atoms with van der Waals surface area (Å²) in [7, 11) is 0. The zero-order valence-electron chi connectivity index (χ0n) is 14.4. The predicted octanol–water partition coefficient (Wildman–Crippen LogP) is 2.12. The number of benzene rings is 1. The third kappa shape index (κ3) is 4.80. The van der Waals surface area contributed by atoms with Crippen LogP contribution in [-0.4, -0.2) is 35.2 Å². The van der Waals surface area contributed by atoms with E-state index in [4.69, 9.17) is 5.26 Å². The van der Waals surface area contributed by atoms with Crippen molar-refractivity contribution in [3.63, 3.8) is 0 Å². The molecule has 0 aromatic heterocycles. The normalized spacial score (nSPS) is 18.0. The van der Waals surface area contributed by atoms with Gasteiger partial charge in [-0.2, -0.15) is 5.26 Å². The highest BCUT2D eigenvalue weighted by Gasteiger charge is 2.30. The number of rotatable bonds is 4. The molecule has 2 atom stereocenters. The molecular weight excluding hydrogens is 320 g/mol. The van der Waals surface area contributed by atoms with E-state index in [1.54, 1.807) is 29.2 Å². The van der Waals surface area contributed by atoms with Crippen LogP contribution in [0.4, 0.5) is 11.4 Å². The molecule has 3 amide bonds. The highest BCUT2D eigenvalue weighted by Crippen LogP contribution is 2.21. The molecule has 2 unspecified atom stereocenters. The van der Waals surface area contributed by atoms with Gasteiger partial charge in [0.1, 0.15) is 12.0 Å². The Morgan fingerprint density at radius 1 is 1.24 bits per heavy atom. The fraction of sp³-hybridized carbons (Fsp3) is 0.444. The lowest BCUT2D eigenvalue weighted by atomic mass is 10.0. The molecule has 0 spiro atoms. The Morgan fingerprint density at radius 3 is 2.56 bits per heavy atom. The van der Waals surface area contributed by atoms with Crippen LogP contribution in [0.25, 0.3) is 0 Å². The maximum atomic E-state index is 12.5. The van der Waals surface area contributed by atoms with Crippen LogP contribution in [0.3, 0.4) is 0 Å². The van der Waals surface area contributed by atoms with Crippen molar-refractivity contribution in [3.8, 4) is 6.07 Å². The van der Waals surface area contributed by atoms with Crippen molar-refractivity contribution in [2.45, 2.75) is 39.2 Å². The number of nitrogens with one attached hydrogen (secondary N) is 2. The summed E-state index contributed by atoms with van der Waals surface area (Å²) >= 11 is 0. The highest BCUT2D eigenvalue weighted by atomic mass is 16.2. The summed E-state index contributed by atoms with van der Waals surface area (Å²) in [6, 6.07) is 8.12. The van der Waals surface area contributed by atoms with Gasteiger partial charge in [0, 0.05) is 24.8 Å². The van der Waals surface area contributed by atoms with Gasteiger partial charge >= 0.3 is 0 Å². The van der Waals surface area contributed by atoms with Crippen molar-refractivity contribution >= 4 is 29.1 Å². The van der Waals surface area contributed by atoms with Crippen LogP contribution >= 0.6 is 0 Å². The topological polar surface area (TPSA) is 102 Å². The number of likely N-dealkylation sites (tertiary alicyclic amines) is 1. The number of amides is 3. The number of carbonyl (C=O) groups excluding carboxylic acids is 3. The number of nitrogens with zero attached hydrogens (tertiary/aromatic N) is 2. The molecular formula is C18H22N4O3. The van der Waals surface area contributed by atoms with Crippen molar-refractivity contribution in [3.05, 3.63) is 24.3 Å². The minimum atomic E-state index is -0.760. The molecule has 132 valence electrons. The van der Waals surface area contributed by atoms with E-state index in [-0.39, 0.29) is 11.8 Å². The second kappa shape index (κ2) is 8.29. The Kier molecular flexibility index (Phi) is 6.12. The molecule has 1 heterocycles. The molecule has 0 aliphatic carbocycles. The van der Waals surface area contributed by atoms with E-state index in [1.807, 2.05) is 6.07 Å². The van der Waals surface area contributed by atoms with E-state index in [2.05, 4.69) is 10.6 Å². The summed E-state index contributed by atoms with van der Waals surface area (Å²) in [5, 5.41) is 14.2. The van der Waals surface area contributed by atoms with Gasteiger partial charge in [0.15, 0.2) is 0 Å².